The summed E-state index contributed by atoms with van der Waals surface area (Å²) in [5, 5.41) is 10.2. The number of benzene rings is 1. The lowest BCUT2D eigenvalue weighted by Gasteiger charge is -2.15. The number of carbonyl (C=O) groups excluding carboxylic acids is 2. The molecule has 1 heterocycles. The zero-order chi connectivity index (χ0) is 15.4. The molecular weight excluding hydrogens is 312 g/mol. The minimum Gasteiger partial charge on any atom is -0.342 e. The minimum atomic E-state index is -0.364. The van der Waals surface area contributed by atoms with Gasteiger partial charge in [-0.2, -0.15) is 0 Å². The number of aromatic nitrogens is 2. The van der Waals surface area contributed by atoms with E-state index >= 15 is 0 Å². The maximum atomic E-state index is 11.9. The van der Waals surface area contributed by atoms with Gasteiger partial charge < -0.3 is 10.2 Å². The molecular formula is C13H13ClN4O2S. The number of halogens is 1. The van der Waals surface area contributed by atoms with Crippen molar-refractivity contribution in [3.05, 3.63) is 39.3 Å². The van der Waals surface area contributed by atoms with Crippen molar-refractivity contribution in [1.82, 2.24) is 15.1 Å². The van der Waals surface area contributed by atoms with Gasteiger partial charge in [-0.25, -0.2) is 0 Å². The zero-order valence-corrected chi connectivity index (χ0v) is 13.0. The molecule has 0 aliphatic rings. The molecule has 0 atom stereocenters. The molecule has 1 N–H and O–H groups in total. The summed E-state index contributed by atoms with van der Waals surface area (Å²) in [5.41, 5.74) is 1.54. The monoisotopic (exact) mass is 324 g/mol. The molecule has 0 fully saturated rings. The molecule has 0 unspecified atom stereocenters. The van der Waals surface area contributed by atoms with Gasteiger partial charge >= 0.3 is 0 Å². The van der Waals surface area contributed by atoms with E-state index in [1.165, 1.54) is 6.92 Å². The second kappa shape index (κ2) is 6.64. The Bertz CT molecular complexity index is 674. The summed E-state index contributed by atoms with van der Waals surface area (Å²) in [4.78, 5) is 24.8. The molecule has 21 heavy (non-hydrogen) atoms. The van der Waals surface area contributed by atoms with Gasteiger partial charge in [0.05, 0.1) is 0 Å². The zero-order valence-electron chi connectivity index (χ0n) is 11.5. The van der Waals surface area contributed by atoms with Gasteiger partial charge in [-0.15, -0.1) is 10.2 Å². The lowest BCUT2D eigenvalue weighted by atomic mass is 10.2. The molecule has 2 aromatic rings. The summed E-state index contributed by atoms with van der Waals surface area (Å²) >= 11 is 6.66. The number of amides is 2. The van der Waals surface area contributed by atoms with Gasteiger partial charge in [-0.1, -0.05) is 23.5 Å². The van der Waals surface area contributed by atoms with Crippen LogP contribution in [0.5, 0.6) is 0 Å². The Balaban J connectivity index is 2.07. The molecule has 1 aromatic heterocycles. The van der Waals surface area contributed by atoms with Crippen LogP contribution >= 0.6 is 22.9 Å². The van der Waals surface area contributed by atoms with Crippen LogP contribution in [0.2, 0.25) is 4.47 Å². The van der Waals surface area contributed by atoms with E-state index < -0.39 is 0 Å². The third-order valence-corrected chi connectivity index (χ3v) is 3.75. The predicted molar refractivity (Wildman–Crippen MR) is 81.5 cm³/mol. The quantitative estimate of drug-likeness (QED) is 0.937. The van der Waals surface area contributed by atoms with Gasteiger partial charge in [-0.05, 0) is 29.3 Å². The molecule has 8 heteroatoms. The first-order chi connectivity index (χ1) is 9.95. The highest BCUT2D eigenvalue weighted by molar-refractivity contribution is 7.17. The maximum absolute atomic E-state index is 11.9. The van der Waals surface area contributed by atoms with Crippen molar-refractivity contribution in [3.63, 3.8) is 0 Å². The second-order valence-electron chi connectivity index (χ2n) is 4.39. The fourth-order valence-electron chi connectivity index (χ4n) is 1.61. The number of hydrogen-bond donors (Lipinski definition) is 1. The van der Waals surface area contributed by atoms with Crippen LogP contribution in [0.3, 0.4) is 0 Å². The van der Waals surface area contributed by atoms with Gasteiger partial charge in [0.25, 0.3) is 5.91 Å². The van der Waals surface area contributed by atoms with Crippen molar-refractivity contribution in [2.24, 2.45) is 0 Å². The number of nitrogens with one attached hydrogen (secondary N) is 1. The molecule has 2 rings (SSSR count). The molecule has 6 nitrogen and oxygen atoms in total. The standard InChI is InChI=1S/C13H13ClN4O2S/c1-8(19)18(2)7-9-4-3-5-10(6-9)15-11(20)12-16-17-13(14)21-12/h3-6H,7H2,1-2H3,(H,15,20). The van der Waals surface area contributed by atoms with Crippen molar-refractivity contribution in [3.8, 4) is 0 Å². The predicted octanol–water partition coefficient (Wildman–Crippen LogP) is 2.42. The van der Waals surface area contributed by atoms with Gasteiger partial charge in [-0.3, -0.25) is 9.59 Å². The summed E-state index contributed by atoms with van der Waals surface area (Å²) in [6, 6.07) is 7.26. The number of rotatable bonds is 4. The van der Waals surface area contributed by atoms with E-state index in [1.54, 1.807) is 24.1 Å². The highest BCUT2D eigenvalue weighted by atomic mass is 35.5. The number of carbonyl (C=O) groups is 2. The molecule has 1 aromatic carbocycles. The lowest BCUT2D eigenvalue weighted by Crippen LogP contribution is -2.23. The van der Waals surface area contributed by atoms with Crippen LogP contribution in [0.1, 0.15) is 22.3 Å². The van der Waals surface area contributed by atoms with Crippen LogP contribution in [-0.2, 0) is 11.3 Å². The van der Waals surface area contributed by atoms with Crippen LogP contribution in [0.25, 0.3) is 0 Å². The molecule has 0 bridgehead atoms. The Morgan fingerprint density at radius 3 is 2.76 bits per heavy atom. The largest absolute Gasteiger partial charge is 0.342 e. The summed E-state index contributed by atoms with van der Waals surface area (Å²) in [6.45, 7) is 1.98. The van der Waals surface area contributed by atoms with E-state index in [0.717, 1.165) is 16.9 Å². The SMILES string of the molecule is CC(=O)N(C)Cc1cccc(NC(=O)c2nnc(Cl)s2)c1. The van der Waals surface area contributed by atoms with E-state index in [9.17, 15) is 9.59 Å². The minimum absolute atomic E-state index is 0.0204. The molecule has 0 aliphatic heterocycles. The fourth-order valence-corrected chi connectivity index (χ4v) is 2.34. The van der Waals surface area contributed by atoms with E-state index in [4.69, 9.17) is 11.6 Å². The van der Waals surface area contributed by atoms with Crippen LogP contribution in [0, 0.1) is 0 Å². The summed E-state index contributed by atoms with van der Waals surface area (Å²) in [5.74, 6) is -0.385. The van der Waals surface area contributed by atoms with Crippen LogP contribution in [0.15, 0.2) is 24.3 Å². The van der Waals surface area contributed by atoms with Gasteiger partial charge in [0, 0.05) is 26.2 Å². The molecule has 110 valence electrons. The second-order valence-corrected chi connectivity index (χ2v) is 5.95. The van der Waals surface area contributed by atoms with Crippen molar-refractivity contribution >= 4 is 40.4 Å². The van der Waals surface area contributed by atoms with Crippen LogP contribution < -0.4 is 5.32 Å². The van der Waals surface area contributed by atoms with E-state index in [-0.39, 0.29) is 21.3 Å². The first-order valence-corrected chi connectivity index (χ1v) is 7.26. The molecule has 0 spiro atoms. The highest BCUT2D eigenvalue weighted by Gasteiger charge is 2.12. The van der Waals surface area contributed by atoms with Gasteiger partial charge in [0.2, 0.25) is 15.4 Å². The Morgan fingerprint density at radius 1 is 1.38 bits per heavy atom. The maximum Gasteiger partial charge on any atom is 0.286 e. The third kappa shape index (κ3) is 4.24. The molecule has 0 aliphatic carbocycles. The topological polar surface area (TPSA) is 75.2 Å². The number of nitrogens with zero attached hydrogens (tertiary/aromatic N) is 3. The number of anilines is 1. The van der Waals surface area contributed by atoms with E-state index in [1.807, 2.05) is 12.1 Å². The first-order valence-electron chi connectivity index (χ1n) is 6.06. The van der Waals surface area contributed by atoms with Gasteiger partial charge in [0.15, 0.2) is 0 Å². The summed E-state index contributed by atoms with van der Waals surface area (Å²) in [6.07, 6.45) is 0. The lowest BCUT2D eigenvalue weighted by molar-refractivity contribution is -0.128. The Morgan fingerprint density at radius 2 is 2.14 bits per heavy atom. The van der Waals surface area contributed by atoms with E-state index in [2.05, 4.69) is 15.5 Å². The normalized spacial score (nSPS) is 10.2. The smallest absolute Gasteiger partial charge is 0.286 e. The van der Waals surface area contributed by atoms with Crippen molar-refractivity contribution in [1.29, 1.82) is 0 Å². The van der Waals surface area contributed by atoms with E-state index in [0.29, 0.717) is 12.2 Å². The Labute approximate surface area is 130 Å². The van der Waals surface area contributed by atoms with Crippen molar-refractivity contribution < 1.29 is 9.59 Å². The molecule has 0 saturated heterocycles. The third-order valence-electron chi connectivity index (χ3n) is 2.74. The van der Waals surface area contributed by atoms with Crippen molar-refractivity contribution in [2.45, 2.75) is 13.5 Å². The van der Waals surface area contributed by atoms with Crippen LogP contribution in [-0.4, -0.2) is 34.0 Å². The molecule has 0 radical (unpaired) electrons. The number of hydrogen-bond acceptors (Lipinski definition) is 5. The fraction of sp³-hybridized carbons (Fsp3) is 0.231. The summed E-state index contributed by atoms with van der Waals surface area (Å²) < 4.78 is 0.219. The highest BCUT2D eigenvalue weighted by Crippen LogP contribution is 2.17. The Kier molecular flexibility index (Phi) is 4.87. The first kappa shape index (κ1) is 15.4. The Hall–Kier alpha value is -1.99. The average molecular weight is 325 g/mol. The summed E-state index contributed by atoms with van der Waals surface area (Å²) in [7, 11) is 1.72. The van der Waals surface area contributed by atoms with Crippen LogP contribution in [0.4, 0.5) is 5.69 Å². The molecule has 0 saturated carbocycles. The van der Waals surface area contributed by atoms with Crippen molar-refractivity contribution in [2.75, 3.05) is 12.4 Å². The average Bonchev–Trinajstić information content (AvgIpc) is 2.86. The molecule has 2 amide bonds. The van der Waals surface area contributed by atoms with Gasteiger partial charge in [0.1, 0.15) is 0 Å².